The molecule has 0 fully saturated rings. The Labute approximate surface area is 77.3 Å². The molecule has 3 heterocycles. The number of nitrogens with one attached hydrogen (secondary N) is 1. The van der Waals surface area contributed by atoms with Crippen LogP contribution in [0.1, 0.15) is 0 Å². The second-order valence-electron chi connectivity index (χ2n) is 2.65. The van der Waals surface area contributed by atoms with Crippen molar-refractivity contribution in [3.8, 4) is 0 Å². The van der Waals surface area contributed by atoms with Crippen molar-refractivity contribution in [2.24, 2.45) is 5.84 Å². The average molecular weight is 190 g/mol. The van der Waals surface area contributed by atoms with E-state index in [0.717, 1.165) is 0 Å². The highest BCUT2D eigenvalue weighted by atomic mass is 15.5. The Kier molecular flexibility index (Phi) is 1.23. The average Bonchev–Trinajstić information content (AvgIpc) is 2.83. The lowest BCUT2D eigenvalue weighted by atomic mass is 10.7. The first-order valence-corrected chi connectivity index (χ1v) is 3.90. The highest BCUT2D eigenvalue weighted by Crippen LogP contribution is 2.08. The maximum atomic E-state index is 5.30. The molecular weight excluding hydrogens is 184 g/mol. The minimum absolute atomic E-state index is 0.422. The zero-order valence-corrected chi connectivity index (χ0v) is 6.99. The van der Waals surface area contributed by atoms with Crippen LogP contribution in [-0.2, 0) is 0 Å². The third-order valence-electron chi connectivity index (χ3n) is 1.89. The molecule has 0 unspecified atom stereocenters. The number of nitrogens with zero attached hydrogens (tertiary/aromatic N) is 6. The molecule has 0 radical (unpaired) electrons. The Balaban J connectivity index is 2.59. The van der Waals surface area contributed by atoms with Crippen molar-refractivity contribution in [3.63, 3.8) is 0 Å². The van der Waals surface area contributed by atoms with Gasteiger partial charge in [-0.3, -0.25) is 5.43 Å². The van der Waals surface area contributed by atoms with Crippen LogP contribution in [-0.4, -0.2) is 29.2 Å². The van der Waals surface area contributed by atoms with Gasteiger partial charge in [0.15, 0.2) is 5.65 Å². The lowest BCUT2D eigenvalue weighted by Gasteiger charge is -2.02. The fourth-order valence-electron chi connectivity index (χ4n) is 1.31. The Bertz CT molecular complexity index is 592. The van der Waals surface area contributed by atoms with Crippen molar-refractivity contribution in [2.75, 3.05) is 5.43 Å². The minimum atomic E-state index is 0.422. The summed E-state index contributed by atoms with van der Waals surface area (Å²) in [7, 11) is 0. The third-order valence-corrected chi connectivity index (χ3v) is 1.89. The summed E-state index contributed by atoms with van der Waals surface area (Å²) in [5, 5.41) is 8.02. The van der Waals surface area contributed by atoms with Crippen LogP contribution in [0.5, 0.6) is 0 Å². The molecule has 8 nitrogen and oxygen atoms in total. The minimum Gasteiger partial charge on any atom is -0.292 e. The Morgan fingerprint density at radius 1 is 1.29 bits per heavy atom. The van der Waals surface area contributed by atoms with E-state index in [4.69, 9.17) is 5.84 Å². The van der Waals surface area contributed by atoms with E-state index in [1.165, 1.54) is 10.8 Å². The SMILES string of the molecule is NNc1nc2ccnn2c2ncnn12. The summed E-state index contributed by atoms with van der Waals surface area (Å²) in [5.41, 5.74) is 3.11. The molecule has 0 aliphatic carbocycles. The van der Waals surface area contributed by atoms with Gasteiger partial charge in [0.1, 0.15) is 6.33 Å². The first-order valence-electron chi connectivity index (χ1n) is 3.90. The molecule has 0 aliphatic heterocycles. The van der Waals surface area contributed by atoms with Gasteiger partial charge in [0.2, 0.25) is 5.95 Å². The van der Waals surface area contributed by atoms with Crippen LogP contribution in [0.25, 0.3) is 11.4 Å². The number of nitrogen functional groups attached to an aromatic ring is 1. The van der Waals surface area contributed by atoms with Gasteiger partial charge in [-0.15, -0.1) is 0 Å². The maximum Gasteiger partial charge on any atom is 0.258 e. The van der Waals surface area contributed by atoms with Gasteiger partial charge in [0.05, 0.1) is 6.20 Å². The first kappa shape index (κ1) is 7.21. The standard InChI is InChI=1S/C6H6N8/c7-12-5-11-4-1-2-9-13(4)6-8-3-10-14(5)6/h1-3H,7H2,(H,11,12). The third kappa shape index (κ3) is 0.746. The van der Waals surface area contributed by atoms with E-state index in [9.17, 15) is 0 Å². The normalized spacial score (nSPS) is 11.2. The molecule has 0 amide bonds. The van der Waals surface area contributed by atoms with Crippen LogP contribution < -0.4 is 11.3 Å². The topological polar surface area (TPSA) is 98.4 Å². The zero-order valence-electron chi connectivity index (χ0n) is 6.99. The number of hydrogen-bond acceptors (Lipinski definition) is 6. The summed E-state index contributed by atoms with van der Waals surface area (Å²) in [6.07, 6.45) is 3.05. The van der Waals surface area contributed by atoms with Crippen LogP contribution in [0, 0.1) is 0 Å². The fourth-order valence-corrected chi connectivity index (χ4v) is 1.31. The van der Waals surface area contributed by atoms with Crippen LogP contribution >= 0.6 is 0 Å². The summed E-state index contributed by atoms with van der Waals surface area (Å²) in [6, 6.07) is 1.76. The van der Waals surface area contributed by atoms with Gasteiger partial charge in [0, 0.05) is 6.07 Å². The highest BCUT2D eigenvalue weighted by Gasteiger charge is 2.08. The van der Waals surface area contributed by atoms with Gasteiger partial charge < -0.3 is 0 Å². The number of aromatic nitrogens is 6. The van der Waals surface area contributed by atoms with E-state index in [0.29, 0.717) is 17.4 Å². The molecule has 14 heavy (non-hydrogen) atoms. The Hall–Kier alpha value is -2.22. The van der Waals surface area contributed by atoms with E-state index in [1.54, 1.807) is 16.8 Å². The molecule has 8 heteroatoms. The summed E-state index contributed by atoms with van der Waals surface area (Å²) in [4.78, 5) is 8.22. The summed E-state index contributed by atoms with van der Waals surface area (Å²) in [6.45, 7) is 0. The number of anilines is 1. The second-order valence-corrected chi connectivity index (χ2v) is 2.65. The fraction of sp³-hybridized carbons (Fsp3) is 0. The van der Waals surface area contributed by atoms with Gasteiger partial charge in [-0.2, -0.15) is 29.2 Å². The Morgan fingerprint density at radius 3 is 3.07 bits per heavy atom. The molecule has 3 aromatic rings. The second kappa shape index (κ2) is 2.39. The lowest BCUT2D eigenvalue weighted by molar-refractivity contribution is 0.846. The molecule has 0 saturated heterocycles. The molecule has 0 spiro atoms. The summed E-state index contributed by atoms with van der Waals surface area (Å²) < 4.78 is 3.05. The molecular formula is C6H6N8. The van der Waals surface area contributed by atoms with Gasteiger partial charge in [0.25, 0.3) is 5.78 Å². The van der Waals surface area contributed by atoms with E-state index < -0.39 is 0 Å². The predicted octanol–water partition coefficient (Wildman–Crippen LogP) is -0.942. The largest absolute Gasteiger partial charge is 0.292 e. The van der Waals surface area contributed by atoms with Crippen LogP contribution in [0.2, 0.25) is 0 Å². The highest BCUT2D eigenvalue weighted by molar-refractivity contribution is 5.50. The monoisotopic (exact) mass is 190 g/mol. The molecule has 3 N–H and O–H groups in total. The van der Waals surface area contributed by atoms with Crippen molar-refractivity contribution in [3.05, 3.63) is 18.6 Å². The molecule has 70 valence electrons. The van der Waals surface area contributed by atoms with Crippen molar-refractivity contribution in [1.29, 1.82) is 0 Å². The first-order chi connectivity index (χ1) is 6.90. The van der Waals surface area contributed by atoms with Crippen molar-refractivity contribution in [1.82, 2.24) is 29.2 Å². The van der Waals surface area contributed by atoms with Gasteiger partial charge in [-0.1, -0.05) is 0 Å². The molecule has 0 bridgehead atoms. The number of hydrazine groups is 1. The smallest absolute Gasteiger partial charge is 0.258 e. The molecule has 0 atom stereocenters. The van der Waals surface area contributed by atoms with E-state index in [2.05, 4.69) is 25.6 Å². The molecule has 0 saturated carbocycles. The molecule has 3 aromatic heterocycles. The van der Waals surface area contributed by atoms with Crippen LogP contribution in [0.15, 0.2) is 18.6 Å². The van der Waals surface area contributed by atoms with Crippen LogP contribution in [0.4, 0.5) is 5.95 Å². The van der Waals surface area contributed by atoms with E-state index in [1.807, 2.05) is 0 Å². The lowest BCUT2D eigenvalue weighted by Crippen LogP contribution is -2.15. The van der Waals surface area contributed by atoms with Gasteiger partial charge in [-0.25, -0.2) is 5.84 Å². The van der Waals surface area contributed by atoms with Gasteiger partial charge >= 0.3 is 0 Å². The van der Waals surface area contributed by atoms with Crippen molar-refractivity contribution >= 4 is 17.4 Å². The summed E-state index contributed by atoms with van der Waals surface area (Å²) >= 11 is 0. The Morgan fingerprint density at radius 2 is 2.21 bits per heavy atom. The van der Waals surface area contributed by atoms with Crippen molar-refractivity contribution < 1.29 is 0 Å². The summed E-state index contributed by atoms with van der Waals surface area (Å²) in [5.74, 6) is 6.29. The zero-order chi connectivity index (χ0) is 9.54. The molecule has 3 rings (SSSR count). The van der Waals surface area contributed by atoms with Crippen molar-refractivity contribution in [2.45, 2.75) is 0 Å². The van der Waals surface area contributed by atoms with Crippen LogP contribution in [0.3, 0.4) is 0 Å². The number of hydrogen-bond donors (Lipinski definition) is 2. The number of rotatable bonds is 1. The quantitative estimate of drug-likeness (QED) is 0.379. The van der Waals surface area contributed by atoms with Gasteiger partial charge in [-0.05, 0) is 0 Å². The van der Waals surface area contributed by atoms with E-state index in [-0.39, 0.29) is 0 Å². The number of fused-ring (bicyclic) bond motifs is 3. The van der Waals surface area contributed by atoms with E-state index >= 15 is 0 Å². The predicted molar refractivity (Wildman–Crippen MR) is 47.3 cm³/mol. The number of nitrogens with two attached hydrogens (primary N) is 1. The maximum absolute atomic E-state index is 5.30. The molecule has 0 aliphatic rings. The molecule has 0 aromatic carbocycles.